The zero-order valence-corrected chi connectivity index (χ0v) is 18.6. The third-order valence-electron chi connectivity index (χ3n) is 4.64. The lowest BCUT2D eigenvalue weighted by molar-refractivity contribution is 0.193. The van der Waals surface area contributed by atoms with Crippen LogP contribution >= 0.6 is 0 Å². The number of nitrogens with zero attached hydrogens (tertiary/aromatic N) is 1. The lowest BCUT2D eigenvalue weighted by Crippen LogP contribution is -2.39. The summed E-state index contributed by atoms with van der Waals surface area (Å²) in [5.74, 6) is -2.18. The Morgan fingerprint density at radius 3 is 2.12 bits per heavy atom. The summed E-state index contributed by atoms with van der Waals surface area (Å²) in [5.41, 5.74) is 0.506. The fourth-order valence-corrected chi connectivity index (χ4v) is 3.82. The monoisotopic (exact) mass is 478 g/mol. The molecule has 6 nitrogen and oxygen atoms in total. The van der Waals surface area contributed by atoms with Crippen LogP contribution in [0, 0.1) is 17.5 Å². The lowest BCUT2D eigenvalue weighted by Gasteiger charge is -2.27. The minimum Gasteiger partial charge on any atom is -0.379 e. The maximum atomic E-state index is 13.9. The second-order valence-electron chi connectivity index (χ2n) is 7.41. The predicted octanol–water partition coefficient (Wildman–Crippen LogP) is 5.31. The van der Waals surface area contributed by atoms with Gasteiger partial charge in [0, 0.05) is 18.7 Å². The number of nitrogens with one attached hydrogen (secondary N) is 1. The summed E-state index contributed by atoms with van der Waals surface area (Å²) in [4.78, 5) is 13.9. The van der Waals surface area contributed by atoms with Crippen molar-refractivity contribution in [3.05, 3.63) is 89.7 Å². The van der Waals surface area contributed by atoms with Crippen LogP contribution in [0.25, 0.3) is 0 Å². The number of halogens is 3. The Morgan fingerprint density at radius 1 is 0.939 bits per heavy atom. The number of rotatable bonds is 7. The van der Waals surface area contributed by atoms with Crippen molar-refractivity contribution < 1.29 is 30.6 Å². The number of hydrogen-bond donors (Lipinski definition) is 1. The van der Waals surface area contributed by atoms with E-state index in [1.807, 2.05) is 0 Å². The molecule has 33 heavy (non-hydrogen) atoms. The smallest absolute Gasteiger partial charge is 0.339 e. The second-order valence-corrected chi connectivity index (χ2v) is 8.96. The van der Waals surface area contributed by atoms with Gasteiger partial charge in [0.25, 0.3) is 0 Å². The van der Waals surface area contributed by atoms with Gasteiger partial charge in [-0.25, -0.2) is 18.0 Å². The van der Waals surface area contributed by atoms with Crippen LogP contribution in [0.4, 0.5) is 23.7 Å². The van der Waals surface area contributed by atoms with Gasteiger partial charge in [0.15, 0.2) is 0 Å². The molecule has 0 unspecified atom stereocenters. The van der Waals surface area contributed by atoms with Crippen molar-refractivity contribution >= 4 is 21.8 Å². The Kier molecular flexibility index (Phi) is 7.27. The normalized spacial score (nSPS) is 11.3. The standard InChI is InChI=1S/C23H21F3N2O4S/c1-15(2)28(23(29)27-22-12-7-18(25)13-21(22)26)14-16-3-8-19(9-4-16)32-33(30,31)20-10-5-17(24)6-11-20/h3-13,15H,14H2,1-2H3,(H,27,29). The number of hydrogen-bond acceptors (Lipinski definition) is 4. The van der Waals surface area contributed by atoms with Crippen molar-refractivity contribution in [2.45, 2.75) is 31.3 Å². The number of carbonyl (C=O) groups excluding carboxylic acids is 1. The minimum atomic E-state index is -4.14. The minimum absolute atomic E-state index is 0.0389. The molecule has 0 saturated heterocycles. The summed E-state index contributed by atoms with van der Waals surface area (Å²) in [6.07, 6.45) is 0. The molecule has 0 aliphatic rings. The van der Waals surface area contributed by atoms with Gasteiger partial charge in [-0.1, -0.05) is 12.1 Å². The van der Waals surface area contributed by atoms with Crippen LogP contribution in [0.1, 0.15) is 19.4 Å². The van der Waals surface area contributed by atoms with E-state index in [4.69, 9.17) is 4.18 Å². The number of amides is 2. The highest BCUT2D eigenvalue weighted by molar-refractivity contribution is 7.87. The number of carbonyl (C=O) groups is 1. The van der Waals surface area contributed by atoms with Gasteiger partial charge < -0.3 is 14.4 Å². The Morgan fingerprint density at radius 2 is 1.55 bits per heavy atom. The Balaban J connectivity index is 1.69. The van der Waals surface area contributed by atoms with E-state index in [9.17, 15) is 26.4 Å². The summed E-state index contributed by atoms with van der Waals surface area (Å²) in [6.45, 7) is 3.68. The Bertz CT molecular complexity index is 1230. The molecule has 2 amide bonds. The van der Waals surface area contributed by atoms with Crippen molar-refractivity contribution in [1.29, 1.82) is 0 Å². The van der Waals surface area contributed by atoms with Crippen LogP contribution in [0.15, 0.2) is 71.6 Å². The van der Waals surface area contributed by atoms with Gasteiger partial charge in [0.2, 0.25) is 0 Å². The highest BCUT2D eigenvalue weighted by Gasteiger charge is 2.20. The quantitative estimate of drug-likeness (QED) is 0.467. The topological polar surface area (TPSA) is 75.7 Å². The molecule has 0 fully saturated rings. The maximum Gasteiger partial charge on any atom is 0.339 e. The molecule has 0 radical (unpaired) electrons. The van der Waals surface area contributed by atoms with Crippen LogP contribution in [-0.2, 0) is 16.7 Å². The first-order chi connectivity index (χ1) is 15.5. The average molecular weight is 478 g/mol. The first-order valence-corrected chi connectivity index (χ1v) is 11.3. The molecule has 10 heteroatoms. The molecule has 3 rings (SSSR count). The van der Waals surface area contributed by atoms with Crippen LogP contribution in [0.2, 0.25) is 0 Å². The SMILES string of the molecule is CC(C)N(Cc1ccc(OS(=O)(=O)c2ccc(F)cc2)cc1)C(=O)Nc1ccc(F)cc1F. The molecule has 0 spiro atoms. The molecule has 0 saturated carbocycles. The molecule has 0 bridgehead atoms. The molecular weight excluding hydrogens is 457 g/mol. The maximum absolute atomic E-state index is 13.9. The summed E-state index contributed by atoms with van der Waals surface area (Å²) in [6, 6.07) is 12.2. The largest absolute Gasteiger partial charge is 0.379 e. The van der Waals surface area contributed by atoms with E-state index >= 15 is 0 Å². The van der Waals surface area contributed by atoms with E-state index in [2.05, 4.69) is 5.32 Å². The van der Waals surface area contributed by atoms with E-state index in [1.54, 1.807) is 26.0 Å². The predicted molar refractivity (Wildman–Crippen MR) is 117 cm³/mol. The van der Waals surface area contributed by atoms with Crippen molar-refractivity contribution in [2.75, 3.05) is 5.32 Å². The van der Waals surface area contributed by atoms with Crippen LogP contribution in [0.3, 0.4) is 0 Å². The van der Waals surface area contributed by atoms with Gasteiger partial charge in [-0.3, -0.25) is 0 Å². The van der Waals surface area contributed by atoms with Crippen molar-refractivity contribution in [3.63, 3.8) is 0 Å². The third kappa shape index (κ3) is 6.26. The Hall–Kier alpha value is -3.53. The van der Waals surface area contributed by atoms with Crippen LogP contribution in [0.5, 0.6) is 5.75 Å². The zero-order chi connectivity index (χ0) is 24.2. The van der Waals surface area contributed by atoms with E-state index in [0.717, 1.165) is 36.4 Å². The fourth-order valence-electron chi connectivity index (χ4n) is 2.89. The van der Waals surface area contributed by atoms with Gasteiger partial charge in [0.05, 0.1) is 5.69 Å². The van der Waals surface area contributed by atoms with E-state index in [1.165, 1.54) is 17.0 Å². The summed E-state index contributed by atoms with van der Waals surface area (Å²) < 4.78 is 69.7. The summed E-state index contributed by atoms with van der Waals surface area (Å²) >= 11 is 0. The first-order valence-electron chi connectivity index (χ1n) is 9.87. The van der Waals surface area contributed by atoms with Gasteiger partial charge in [-0.05, 0) is 67.9 Å². The lowest BCUT2D eigenvalue weighted by atomic mass is 10.2. The van der Waals surface area contributed by atoms with Gasteiger partial charge in [0.1, 0.15) is 28.1 Å². The molecule has 3 aromatic rings. The molecule has 3 aromatic carbocycles. The van der Waals surface area contributed by atoms with E-state index < -0.39 is 33.6 Å². The third-order valence-corrected chi connectivity index (χ3v) is 5.90. The summed E-state index contributed by atoms with van der Waals surface area (Å²) in [5, 5.41) is 2.42. The van der Waals surface area contributed by atoms with Crippen LogP contribution in [-0.4, -0.2) is 25.4 Å². The molecule has 0 heterocycles. The van der Waals surface area contributed by atoms with Gasteiger partial charge >= 0.3 is 16.1 Å². The molecule has 0 aromatic heterocycles. The molecule has 0 aliphatic carbocycles. The van der Waals surface area contributed by atoms with Crippen molar-refractivity contribution in [1.82, 2.24) is 4.90 Å². The summed E-state index contributed by atoms with van der Waals surface area (Å²) in [7, 11) is -4.14. The number of urea groups is 1. The van der Waals surface area contributed by atoms with Gasteiger partial charge in [-0.2, -0.15) is 8.42 Å². The zero-order valence-electron chi connectivity index (χ0n) is 17.8. The fraction of sp³-hybridized carbons (Fsp3) is 0.174. The van der Waals surface area contributed by atoms with Crippen LogP contribution < -0.4 is 9.50 Å². The first kappa shape index (κ1) is 24.1. The number of anilines is 1. The molecule has 1 N–H and O–H groups in total. The highest BCUT2D eigenvalue weighted by Crippen LogP contribution is 2.21. The van der Waals surface area contributed by atoms with Gasteiger partial charge in [-0.15, -0.1) is 0 Å². The molecule has 0 atom stereocenters. The molecule has 0 aliphatic heterocycles. The average Bonchev–Trinajstić information content (AvgIpc) is 2.75. The highest BCUT2D eigenvalue weighted by atomic mass is 32.2. The van der Waals surface area contributed by atoms with Crippen molar-refractivity contribution in [2.24, 2.45) is 0 Å². The Labute approximate surface area is 189 Å². The second kappa shape index (κ2) is 9.95. The van der Waals surface area contributed by atoms with Crippen molar-refractivity contribution in [3.8, 4) is 5.75 Å². The van der Waals surface area contributed by atoms with E-state index in [-0.39, 0.29) is 28.9 Å². The molecule has 174 valence electrons. The number of benzene rings is 3. The molecular formula is C23H21F3N2O4S. The van der Waals surface area contributed by atoms with E-state index in [0.29, 0.717) is 11.6 Å².